The number of fused-ring (bicyclic) bond motifs is 1. The molecule has 2 fully saturated rings. The Hall–Kier alpha value is -0.280. The van der Waals surface area contributed by atoms with Crippen LogP contribution in [0.4, 0.5) is 0 Å². The quantitative estimate of drug-likeness (QED) is 0.446. The summed E-state index contributed by atoms with van der Waals surface area (Å²) in [7, 11) is 1.31. The first-order chi connectivity index (χ1) is 7.90. The summed E-state index contributed by atoms with van der Waals surface area (Å²) in [5.41, 5.74) is 0. The summed E-state index contributed by atoms with van der Waals surface area (Å²) in [5.74, 6) is -3.70. The highest BCUT2D eigenvalue weighted by atomic mass is 16.8. The van der Waals surface area contributed by atoms with Gasteiger partial charge >= 0.3 is 0 Å². The Kier molecular flexibility index (Phi) is 3.20. The van der Waals surface area contributed by atoms with Gasteiger partial charge in [0.1, 0.15) is 18.3 Å². The van der Waals surface area contributed by atoms with Gasteiger partial charge in [-0.1, -0.05) is 0 Å². The highest BCUT2D eigenvalue weighted by molar-refractivity contribution is 5.07. The summed E-state index contributed by atoms with van der Waals surface area (Å²) in [5, 5.41) is 39.0. The van der Waals surface area contributed by atoms with E-state index in [-0.39, 0.29) is 6.42 Å². The minimum absolute atomic E-state index is 0.195. The first-order valence-electron chi connectivity index (χ1n) is 5.50. The Labute approximate surface area is 98.5 Å². The fourth-order valence-corrected chi connectivity index (χ4v) is 2.56. The van der Waals surface area contributed by atoms with E-state index < -0.39 is 42.6 Å². The van der Waals surface area contributed by atoms with Gasteiger partial charge < -0.3 is 34.6 Å². The number of rotatable bonds is 2. The van der Waals surface area contributed by atoms with E-state index in [1.54, 1.807) is 6.92 Å². The van der Waals surface area contributed by atoms with Crippen molar-refractivity contribution in [2.45, 2.75) is 49.3 Å². The summed E-state index contributed by atoms with van der Waals surface area (Å²) in [6, 6.07) is 0. The number of hydrogen-bond acceptors (Lipinski definition) is 7. The minimum atomic E-state index is -2.13. The van der Waals surface area contributed by atoms with Gasteiger partial charge in [0.25, 0.3) is 5.79 Å². The molecule has 0 spiro atoms. The Bertz CT molecular complexity index is 298. The second-order valence-electron chi connectivity index (χ2n) is 4.56. The van der Waals surface area contributed by atoms with Crippen LogP contribution in [-0.4, -0.2) is 70.1 Å². The third-order valence-corrected chi connectivity index (χ3v) is 3.44. The van der Waals surface area contributed by atoms with Crippen molar-refractivity contribution in [1.29, 1.82) is 0 Å². The van der Waals surface area contributed by atoms with Gasteiger partial charge in [0.15, 0.2) is 0 Å². The molecule has 0 aliphatic carbocycles. The van der Waals surface area contributed by atoms with Crippen molar-refractivity contribution in [3.05, 3.63) is 0 Å². The normalized spacial score (nSPS) is 54.7. The van der Waals surface area contributed by atoms with E-state index in [1.165, 1.54) is 7.11 Å². The van der Waals surface area contributed by atoms with Crippen LogP contribution in [0.15, 0.2) is 0 Å². The van der Waals surface area contributed by atoms with Crippen molar-refractivity contribution in [3.8, 4) is 0 Å². The van der Waals surface area contributed by atoms with E-state index in [0.29, 0.717) is 0 Å². The van der Waals surface area contributed by atoms with Crippen LogP contribution in [0.3, 0.4) is 0 Å². The first kappa shape index (κ1) is 13.2. The molecular formula is C10H18O7. The molecule has 100 valence electrons. The maximum atomic E-state index is 10.3. The molecule has 2 saturated heterocycles. The molecule has 0 bridgehead atoms. The second kappa shape index (κ2) is 4.13. The summed E-state index contributed by atoms with van der Waals surface area (Å²) in [6.45, 7) is 1.20. The Morgan fingerprint density at radius 2 is 2.00 bits per heavy atom. The van der Waals surface area contributed by atoms with E-state index in [2.05, 4.69) is 0 Å². The van der Waals surface area contributed by atoms with Crippen LogP contribution in [0.2, 0.25) is 0 Å². The molecule has 2 aliphatic heterocycles. The Morgan fingerprint density at radius 1 is 1.35 bits per heavy atom. The molecule has 7 heteroatoms. The van der Waals surface area contributed by atoms with Crippen LogP contribution in [0.5, 0.6) is 0 Å². The van der Waals surface area contributed by atoms with Gasteiger partial charge in [0, 0.05) is 13.5 Å². The molecule has 7 nitrogen and oxygen atoms in total. The molecule has 17 heavy (non-hydrogen) atoms. The lowest BCUT2D eigenvalue weighted by Gasteiger charge is -2.49. The molecule has 0 aromatic carbocycles. The van der Waals surface area contributed by atoms with Crippen LogP contribution in [-0.2, 0) is 14.2 Å². The average molecular weight is 250 g/mol. The van der Waals surface area contributed by atoms with Gasteiger partial charge in [-0.3, -0.25) is 0 Å². The lowest BCUT2D eigenvalue weighted by Crippen LogP contribution is -2.71. The minimum Gasteiger partial charge on any atom is -0.394 e. The fraction of sp³-hybridized carbons (Fsp3) is 1.00. The van der Waals surface area contributed by atoms with Gasteiger partial charge in [-0.25, -0.2) is 0 Å². The smallest absolute Gasteiger partial charge is 0.251 e. The predicted octanol–water partition coefficient (Wildman–Crippen LogP) is -2.06. The third-order valence-electron chi connectivity index (χ3n) is 3.44. The summed E-state index contributed by atoms with van der Waals surface area (Å²) < 4.78 is 15.8. The van der Waals surface area contributed by atoms with E-state index in [4.69, 9.17) is 19.3 Å². The van der Waals surface area contributed by atoms with Crippen molar-refractivity contribution < 1.29 is 34.6 Å². The highest BCUT2D eigenvalue weighted by Gasteiger charge is 2.70. The topological polar surface area (TPSA) is 109 Å². The highest BCUT2D eigenvalue weighted by Crippen LogP contribution is 2.48. The maximum absolute atomic E-state index is 10.3. The van der Waals surface area contributed by atoms with Crippen molar-refractivity contribution in [2.75, 3.05) is 13.7 Å². The molecule has 0 aromatic rings. The van der Waals surface area contributed by atoms with Crippen molar-refractivity contribution >= 4 is 0 Å². The molecular weight excluding hydrogens is 232 g/mol. The van der Waals surface area contributed by atoms with Crippen LogP contribution in [0.1, 0.15) is 13.3 Å². The molecule has 6 atom stereocenters. The van der Waals surface area contributed by atoms with E-state index in [0.717, 1.165) is 0 Å². The average Bonchev–Trinajstić information content (AvgIpc) is 2.56. The maximum Gasteiger partial charge on any atom is 0.251 e. The largest absolute Gasteiger partial charge is 0.394 e. The number of ether oxygens (including phenoxy) is 3. The zero-order valence-electron chi connectivity index (χ0n) is 9.74. The van der Waals surface area contributed by atoms with Crippen molar-refractivity contribution in [3.63, 3.8) is 0 Å². The number of hydrogen-bond donors (Lipinski definition) is 4. The van der Waals surface area contributed by atoms with Gasteiger partial charge in [-0.05, 0) is 6.92 Å². The van der Waals surface area contributed by atoms with Crippen LogP contribution in [0.25, 0.3) is 0 Å². The van der Waals surface area contributed by atoms with Gasteiger partial charge in [-0.2, -0.15) is 0 Å². The molecule has 0 aromatic heterocycles. The zero-order valence-corrected chi connectivity index (χ0v) is 9.74. The standard InChI is InChI=1S/C10H18O7/c1-5-3-9(15-2)10(14,16-5)8(13)7(12)6(4-11)17-9/h5-8,11-14H,3-4H2,1-2H3/t5?,6-,7-,8+,9?,10+/m1/s1. The fourth-order valence-electron chi connectivity index (χ4n) is 2.56. The molecule has 4 N–H and O–H groups in total. The SMILES string of the molecule is COC12CC(C)O[C@@]1(O)[C@@H](O)[C@H](O)[C@@H](CO)O2. The molecule has 0 saturated carbocycles. The summed E-state index contributed by atoms with van der Waals surface area (Å²) >= 11 is 0. The van der Waals surface area contributed by atoms with Crippen LogP contribution < -0.4 is 0 Å². The lowest BCUT2D eigenvalue weighted by atomic mass is 9.88. The number of aliphatic hydroxyl groups is 4. The molecule has 2 rings (SSSR count). The molecule has 0 amide bonds. The third kappa shape index (κ3) is 1.62. The van der Waals surface area contributed by atoms with E-state index in [9.17, 15) is 15.3 Å². The van der Waals surface area contributed by atoms with Gasteiger partial charge in [-0.15, -0.1) is 0 Å². The molecule has 2 heterocycles. The molecule has 2 aliphatic rings. The predicted molar refractivity (Wildman–Crippen MR) is 53.8 cm³/mol. The van der Waals surface area contributed by atoms with Crippen LogP contribution >= 0.6 is 0 Å². The van der Waals surface area contributed by atoms with E-state index in [1.807, 2.05) is 0 Å². The van der Waals surface area contributed by atoms with E-state index >= 15 is 0 Å². The zero-order chi connectivity index (χ0) is 12.8. The van der Waals surface area contributed by atoms with Crippen molar-refractivity contribution in [2.24, 2.45) is 0 Å². The number of aliphatic hydroxyl groups excluding tert-OH is 3. The summed E-state index contributed by atoms with van der Waals surface area (Å²) in [6.07, 6.45) is -4.30. The number of methoxy groups -OCH3 is 1. The van der Waals surface area contributed by atoms with Gasteiger partial charge in [0.05, 0.1) is 12.7 Å². The van der Waals surface area contributed by atoms with Gasteiger partial charge in [0.2, 0.25) is 5.79 Å². The second-order valence-corrected chi connectivity index (χ2v) is 4.56. The first-order valence-corrected chi connectivity index (χ1v) is 5.50. The summed E-state index contributed by atoms with van der Waals surface area (Å²) in [4.78, 5) is 0. The lowest BCUT2D eigenvalue weighted by molar-refractivity contribution is -0.434. The monoisotopic (exact) mass is 250 g/mol. The molecule has 0 radical (unpaired) electrons. The van der Waals surface area contributed by atoms with Crippen molar-refractivity contribution in [1.82, 2.24) is 0 Å². The Morgan fingerprint density at radius 3 is 2.53 bits per heavy atom. The molecule has 2 unspecified atom stereocenters. The van der Waals surface area contributed by atoms with Crippen LogP contribution in [0, 0.1) is 0 Å². The Balaban J connectivity index is 2.38.